The summed E-state index contributed by atoms with van der Waals surface area (Å²) >= 11 is 6.07. The molecule has 14 heteroatoms. The smallest absolute Gasteiger partial charge is 0.409 e. The summed E-state index contributed by atoms with van der Waals surface area (Å²) in [5.74, 6) is 0.499. The van der Waals surface area contributed by atoms with Crippen molar-refractivity contribution in [1.29, 1.82) is 0 Å². The third-order valence-electron chi connectivity index (χ3n) is 5.85. The average molecular weight is 524 g/mol. The van der Waals surface area contributed by atoms with Crippen molar-refractivity contribution in [3.05, 3.63) is 59.3 Å². The van der Waals surface area contributed by atoms with Crippen LogP contribution in [0.15, 0.2) is 48.8 Å². The van der Waals surface area contributed by atoms with Crippen LogP contribution in [0.5, 0.6) is 0 Å². The van der Waals surface area contributed by atoms with E-state index in [9.17, 15) is 14.8 Å². The van der Waals surface area contributed by atoms with Crippen molar-refractivity contribution in [2.24, 2.45) is 0 Å². The molecule has 0 aliphatic carbocycles. The first kappa shape index (κ1) is 24.1. The Hall–Kier alpha value is -2.57. The Labute approximate surface area is 204 Å². The van der Waals surface area contributed by atoms with Crippen LogP contribution in [0.1, 0.15) is 31.7 Å². The van der Waals surface area contributed by atoms with Crippen LogP contribution >= 0.6 is 19.4 Å². The number of nitrogens with zero attached hydrogens (tertiary/aromatic N) is 4. The lowest BCUT2D eigenvalue weighted by atomic mass is 9.96. The molecule has 5 rings (SSSR count). The maximum Gasteiger partial charge on any atom is 0.530 e. The van der Waals surface area contributed by atoms with E-state index in [0.717, 1.165) is 0 Å². The Bertz CT molecular complexity index is 1350. The molecule has 2 aliphatic heterocycles. The van der Waals surface area contributed by atoms with Crippen molar-refractivity contribution in [3.8, 4) is 0 Å². The third-order valence-corrected chi connectivity index (χ3v) is 7.55. The zero-order valence-electron chi connectivity index (χ0n) is 18.7. The van der Waals surface area contributed by atoms with Crippen molar-refractivity contribution in [2.45, 2.75) is 44.0 Å². The van der Waals surface area contributed by atoms with E-state index in [4.69, 9.17) is 35.6 Å². The van der Waals surface area contributed by atoms with Gasteiger partial charge in [-0.15, -0.1) is 0 Å². The van der Waals surface area contributed by atoms with Crippen molar-refractivity contribution in [1.82, 2.24) is 19.5 Å². The van der Waals surface area contributed by atoms with Gasteiger partial charge < -0.3 is 25.2 Å². The molecule has 2 aliphatic rings. The summed E-state index contributed by atoms with van der Waals surface area (Å²) in [6.07, 6.45) is -0.0384. The normalized spacial score (nSPS) is 33.0. The van der Waals surface area contributed by atoms with Gasteiger partial charge in [0.05, 0.1) is 12.9 Å². The van der Waals surface area contributed by atoms with Gasteiger partial charge in [-0.1, -0.05) is 23.7 Å². The van der Waals surface area contributed by atoms with E-state index in [-0.39, 0.29) is 5.82 Å². The van der Waals surface area contributed by atoms with E-state index >= 15 is 0 Å². The van der Waals surface area contributed by atoms with Crippen LogP contribution in [0.3, 0.4) is 0 Å². The molecular formula is C21H23ClN5O7P. The lowest BCUT2D eigenvalue weighted by Gasteiger charge is -2.29. The number of allylic oxidation sites excluding steroid dienone is 1. The van der Waals surface area contributed by atoms with E-state index in [1.165, 1.54) is 24.1 Å². The summed E-state index contributed by atoms with van der Waals surface area (Å²) < 4.78 is 37.1. The number of anilines is 1. The minimum Gasteiger partial charge on any atom is -0.409 e. The molecule has 4 N–H and O–H groups in total. The van der Waals surface area contributed by atoms with E-state index in [1.807, 2.05) is 0 Å². The second kappa shape index (κ2) is 8.82. The number of phosphoric acid groups is 1. The Morgan fingerprint density at radius 2 is 2.14 bits per heavy atom. The summed E-state index contributed by atoms with van der Waals surface area (Å²) in [5.41, 5.74) is 5.36. The van der Waals surface area contributed by atoms with Gasteiger partial charge in [0, 0.05) is 5.02 Å². The highest BCUT2D eigenvalue weighted by atomic mass is 35.5. The summed E-state index contributed by atoms with van der Waals surface area (Å²) in [6, 6.07) is 6.91. The number of imidazole rings is 1. The second-order valence-corrected chi connectivity index (χ2v) is 10.5. The number of phosphoric ester groups is 1. The minimum absolute atomic E-state index is 0.161. The summed E-state index contributed by atoms with van der Waals surface area (Å²) in [4.78, 5) is 12.2. The minimum atomic E-state index is -4.09. The SMILES string of the molecule is CC1=CC(c2cccc(Cl)c2)OP(=O)(OC[C@H]2O[C@@H](n3cnc4c(N)ncnc43)[C@](C)(O)[C@@H]2O)O1. The number of rotatable bonds is 5. The van der Waals surface area contributed by atoms with Crippen molar-refractivity contribution < 1.29 is 33.1 Å². The van der Waals surface area contributed by atoms with Crippen molar-refractivity contribution in [2.75, 3.05) is 12.3 Å². The zero-order chi connectivity index (χ0) is 25.0. The Kier molecular flexibility index (Phi) is 6.09. The van der Waals surface area contributed by atoms with Gasteiger partial charge in [0.15, 0.2) is 17.7 Å². The maximum atomic E-state index is 13.3. The third kappa shape index (κ3) is 4.43. The molecule has 0 saturated carbocycles. The van der Waals surface area contributed by atoms with Crippen LogP contribution in [-0.2, 0) is 22.9 Å². The Morgan fingerprint density at radius 3 is 2.91 bits per heavy atom. The number of hydrogen-bond acceptors (Lipinski definition) is 11. The predicted octanol–water partition coefficient (Wildman–Crippen LogP) is 2.89. The molecule has 4 heterocycles. The fourth-order valence-corrected chi connectivity index (χ4v) is 5.65. The van der Waals surface area contributed by atoms with Crippen LogP contribution in [0, 0.1) is 0 Å². The quantitative estimate of drug-likeness (QED) is 0.421. The van der Waals surface area contributed by atoms with Gasteiger partial charge in [-0.3, -0.25) is 13.6 Å². The number of ether oxygens (including phenoxy) is 1. The van der Waals surface area contributed by atoms with Crippen molar-refractivity contribution >= 4 is 36.4 Å². The Morgan fingerprint density at radius 1 is 1.34 bits per heavy atom. The average Bonchev–Trinajstić information content (AvgIpc) is 3.32. The first-order valence-corrected chi connectivity index (χ1v) is 12.5. The molecule has 3 aromatic rings. The van der Waals surface area contributed by atoms with Gasteiger partial charge in [-0.25, -0.2) is 19.5 Å². The highest BCUT2D eigenvalue weighted by Crippen LogP contribution is 2.58. The van der Waals surface area contributed by atoms with E-state index in [0.29, 0.717) is 27.5 Å². The highest BCUT2D eigenvalue weighted by molar-refractivity contribution is 7.48. The number of halogens is 1. The number of benzene rings is 1. The number of fused-ring (bicyclic) bond motifs is 1. The maximum absolute atomic E-state index is 13.3. The van der Waals surface area contributed by atoms with E-state index < -0.39 is 44.6 Å². The molecule has 2 aromatic heterocycles. The lowest BCUT2D eigenvalue weighted by molar-refractivity contribution is -0.0951. The van der Waals surface area contributed by atoms with Gasteiger partial charge in [-0.2, -0.15) is 0 Å². The summed E-state index contributed by atoms with van der Waals surface area (Å²) in [7, 11) is -4.09. The molecule has 1 saturated heterocycles. The number of aromatic nitrogens is 4. The van der Waals surface area contributed by atoms with Gasteiger partial charge >= 0.3 is 7.82 Å². The number of nitrogen functional groups attached to an aromatic ring is 1. The van der Waals surface area contributed by atoms with E-state index in [1.54, 1.807) is 37.3 Å². The molecule has 0 bridgehead atoms. The molecule has 1 fully saturated rings. The fourth-order valence-electron chi connectivity index (χ4n) is 4.09. The topological polar surface area (TPSA) is 164 Å². The number of hydrogen-bond donors (Lipinski definition) is 3. The van der Waals surface area contributed by atoms with Gasteiger partial charge in [-0.05, 0) is 37.6 Å². The largest absolute Gasteiger partial charge is 0.530 e. The standard InChI is InChI=1S/C21H23ClN5O7P/c1-11-6-14(12-4-3-5-13(22)7-12)34-35(30,33-11)31-8-15-17(28)21(2,29)20(32-15)27-10-26-16-18(23)24-9-25-19(16)27/h3-7,9-10,14-15,17,20,28-29H,8H2,1-2H3,(H2,23,24,25)/t14?,15-,17-,20-,21-,35?/m1/s1. The predicted molar refractivity (Wildman–Crippen MR) is 124 cm³/mol. The summed E-state index contributed by atoms with van der Waals surface area (Å²) in [5, 5.41) is 22.3. The van der Waals surface area contributed by atoms with Crippen LogP contribution in [0.4, 0.5) is 5.82 Å². The van der Waals surface area contributed by atoms with Gasteiger partial charge in [0.2, 0.25) is 0 Å². The first-order chi connectivity index (χ1) is 16.6. The number of nitrogens with two attached hydrogens (primary N) is 1. The fraction of sp³-hybridized carbons (Fsp3) is 0.381. The van der Waals surface area contributed by atoms with Crippen LogP contribution in [0.25, 0.3) is 11.2 Å². The molecule has 6 atom stereocenters. The molecule has 0 amide bonds. The number of aliphatic hydroxyl groups excluding tert-OH is 1. The summed E-state index contributed by atoms with van der Waals surface area (Å²) in [6.45, 7) is 2.62. The van der Waals surface area contributed by atoms with Crippen molar-refractivity contribution in [3.63, 3.8) is 0 Å². The van der Waals surface area contributed by atoms with Crippen LogP contribution in [0.2, 0.25) is 5.02 Å². The lowest BCUT2D eigenvalue weighted by Crippen LogP contribution is -2.44. The number of aliphatic hydroxyl groups is 2. The molecule has 0 radical (unpaired) electrons. The van der Waals surface area contributed by atoms with Crippen LogP contribution in [-0.4, -0.2) is 54.1 Å². The van der Waals surface area contributed by atoms with Gasteiger partial charge in [0.1, 0.15) is 41.5 Å². The molecule has 186 valence electrons. The monoisotopic (exact) mass is 523 g/mol. The zero-order valence-corrected chi connectivity index (χ0v) is 20.3. The Balaban J connectivity index is 1.34. The molecule has 2 unspecified atom stereocenters. The highest BCUT2D eigenvalue weighted by Gasteiger charge is 2.54. The van der Waals surface area contributed by atoms with Crippen LogP contribution < -0.4 is 5.73 Å². The molecule has 1 aromatic carbocycles. The van der Waals surface area contributed by atoms with E-state index in [2.05, 4.69) is 15.0 Å². The molecular weight excluding hydrogens is 501 g/mol. The molecule has 12 nitrogen and oxygen atoms in total. The second-order valence-electron chi connectivity index (χ2n) is 8.47. The molecule has 0 spiro atoms. The molecule has 35 heavy (non-hydrogen) atoms. The first-order valence-electron chi connectivity index (χ1n) is 10.6. The van der Waals surface area contributed by atoms with Gasteiger partial charge in [0.25, 0.3) is 0 Å².